The van der Waals surface area contributed by atoms with Crippen LogP contribution in [0.2, 0.25) is 0 Å². The van der Waals surface area contributed by atoms with Gasteiger partial charge in [0.2, 0.25) is 0 Å². The van der Waals surface area contributed by atoms with Crippen molar-refractivity contribution in [2.24, 2.45) is 7.05 Å². The number of fused-ring (bicyclic) bond motifs is 4. The smallest absolute Gasteiger partial charge is 0.299 e. The molecular formula is C45H41N2O+. The van der Waals surface area contributed by atoms with Crippen molar-refractivity contribution in [2.45, 2.75) is 46.5 Å². The van der Waals surface area contributed by atoms with Gasteiger partial charge in [0.05, 0.1) is 7.05 Å². The number of imidazole rings is 1. The van der Waals surface area contributed by atoms with E-state index in [1.807, 2.05) is 0 Å². The molecule has 0 amide bonds. The lowest BCUT2D eigenvalue weighted by Crippen LogP contribution is -2.30. The third kappa shape index (κ3) is 4.76. The molecule has 48 heavy (non-hydrogen) atoms. The van der Waals surface area contributed by atoms with Crippen molar-refractivity contribution in [1.29, 1.82) is 0 Å². The Morgan fingerprint density at radius 1 is 0.583 bits per heavy atom. The number of hydrogen-bond acceptors (Lipinski definition) is 1. The summed E-state index contributed by atoms with van der Waals surface area (Å²) in [6.45, 7) is 11.5. The fourth-order valence-electron chi connectivity index (χ4n) is 7.46. The minimum Gasteiger partial charge on any atom is -0.455 e. The highest BCUT2D eigenvalue weighted by atomic mass is 16.3. The first-order valence-electron chi connectivity index (χ1n) is 17.1. The third-order valence-corrected chi connectivity index (χ3v) is 9.94. The molecule has 0 fully saturated rings. The summed E-state index contributed by atoms with van der Waals surface area (Å²) >= 11 is 0. The lowest BCUT2D eigenvalue weighted by atomic mass is 9.88. The van der Waals surface area contributed by atoms with Crippen LogP contribution in [-0.4, -0.2) is 4.57 Å². The Morgan fingerprint density at radius 3 is 1.81 bits per heavy atom. The predicted octanol–water partition coefficient (Wildman–Crippen LogP) is 11.9. The number of furan rings is 1. The molecule has 0 radical (unpaired) electrons. The molecule has 0 aliphatic heterocycles. The van der Waals surface area contributed by atoms with E-state index in [4.69, 9.17) is 4.42 Å². The molecule has 0 N–H and O–H groups in total. The third-order valence-electron chi connectivity index (χ3n) is 9.94. The Morgan fingerprint density at radius 2 is 1.17 bits per heavy atom. The normalized spacial score (nSPS) is 11.9. The van der Waals surface area contributed by atoms with Crippen LogP contribution in [0.5, 0.6) is 0 Å². The van der Waals surface area contributed by atoms with Crippen LogP contribution in [-0.2, 0) is 7.05 Å². The Hall–Kier alpha value is -5.41. The highest BCUT2D eigenvalue weighted by Crippen LogP contribution is 2.43. The Balaban J connectivity index is 1.47. The number of aryl methyl sites for hydroxylation is 2. The molecule has 0 atom stereocenters. The topological polar surface area (TPSA) is 21.9 Å². The van der Waals surface area contributed by atoms with Gasteiger partial charge in [-0.15, -0.1) is 0 Å². The van der Waals surface area contributed by atoms with Crippen molar-refractivity contribution in [3.63, 3.8) is 0 Å². The van der Waals surface area contributed by atoms with Gasteiger partial charge in [-0.1, -0.05) is 119 Å². The van der Waals surface area contributed by atoms with Crippen LogP contribution >= 0.6 is 0 Å². The van der Waals surface area contributed by atoms with E-state index < -0.39 is 0 Å². The lowest BCUT2D eigenvalue weighted by Gasteiger charge is -2.21. The summed E-state index contributed by atoms with van der Waals surface area (Å²) in [6.07, 6.45) is 0. The maximum atomic E-state index is 6.93. The number of nitrogens with zero attached hydrogens (tertiary/aromatic N) is 2. The molecule has 3 nitrogen and oxygen atoms in total. The zero-order chi connectivity index (χ0) is 33.1. The van der Waals surface area contributed by atoms with Crippen molar-refractivity contribution in [3.8, 4) is 39.3 Å². The van der Waals surface area contributed by atoms with Crippen LogP contribution in [0.25, 0.3) is 72.3 Å². The van der Waals surface area contributed by atoms with E-state index in [9.17, 15) is 0 Å². The molecule has 236 valence electrons. The minimum absolute atomic E-state index is 0.306. The SMILES string of the molecule is Cc1ccc2c(oc3cc(-c4ccccc4)ccc32)c1-c1n(-c2c(C(C)C)cc(-c3ccccc3)cc2C(C)C)c2ccccc2[n+]1C. The summed E-state index contributed by atoms with van der Waals surface area (Å²) < 4.78 is 11.8. The van der Waals surface area contributed by atoms with Gasteiger partial charge in [-0.05, 0) is 83.0 Å². The quantitative estimate of drug-likeness (QED) is 0.169. The van der Waals surface area contributed by atoms with E-state index >= 15 is 0 Å². The fourth-order valence-corrected chi connectivity index (χ4v) is 7.46. The summed E-state index contributed by atoms with van der Waals surface area (Å²) in [4.78, 5) is 0. The maximum absolute atomic E-state index is 6.93. The Kier molecular flexibility index (Phi) is 7.29. The molecular weight excluding hydrogens is 585 g/mol. The van der Waals surface area contributed by atoms with Gasteiger partial charge >= 0.3 is 0 Å². The van der Waals surface area contributed by atoms with E-state index in [0.717, 1.165) is 38.9 Å². The van der Waals surface area contributed by atoms with E-state index in [0.29, 0.717) is 11.8 Å². The average molecular weight is 626 g/mol. The van der Waals surface area contributed by atoms with Crippen molar-refractivity contribution in [1.82, 2.24) is 4.57 Å². The largest absolute Gasteiger partial charge is 0.455 e. The lowest BCUT2D eigenvalue weighted by molar-refractivity contribution is -0.633. The first kappa shape index (κ1) is 30.0. The molecule has 8 aromatic rings. The molecule has 0 spiro atoms. The minimum atomic E-state index is 0.306. The Bertz CT molecular complexity index is 2430. The summed E-state index contributed by atoms with van der Waals surface area (Å²) in [5.41, 5.74) is 15.3. The van der Waals surface area contributed by atoms with Crippen molar-refractivity contribution in [2.75, 3.05) is 0 Å². The van der Waals surface area contributed by atoms with E-state index in [1.165, 1.54) is 50.1 Å². The summed E-state index contributed by atoms with van der Waals surface area (Å²) in [5.74, 6) is 1.73. The van der Waals surface area contributed by atoms with Crippen molar-refractivity contribution in [3.05, 3.63) is 144 Å². The van der Waals surface area contributed by atoms with Crippen LogP contribution in [0, 0.1) is 6.92 Å². The molecule has 8 rings (SSSR count). The van der Waals surface area contributed by atoms with Crippen LogP contribution in [0.3, 0.4) is 0 Å². The molecule has 2 aromatic heterocycles. The number of hydrogen-bond donors (Lipinski definition) is 0. The molecule has 2 heterocycles. The molecule has 6 aromatic carbocycles. The van der Waals surface area contributed by atoms with Gasteiger partial charge < -0.3 is 4.42 Å². The second kappa shape index (κ2) is 11.7. The first-order chi connectivity index (χ1) is 23.3. The highest BCUT2D eigenvalue weighted by Gasteiger charge is 2.34. The predicted molar refractivity (Wildman–Crippen MR) is 201 cm³/mol. The zero-order valence-electron chi connectivity index (χ0n) is 28.6. The summed E-state index contributed by atoms with van der Waals surface area (Å²) in [6, 6.07) is 46.0. The molecule has 0 aliphatic rings. The van der Waals surface area contributed by atoms with E-state index in [2.05, 4.69) is 178 Å². The molecule has 3 heteroatoms. The van der Waals surface area contributed by atoms with Crippen molar-refractivity contribution < 1.29 is 8.98 Å². The van der Waals surface area contributed by atoms with Crippen LogP contribution in [0.4, 0.5) is 0 Å². The summed E-state index contributed by atoms with van der Waals surface area (Å²) in [7, 11) is 2.20. The fraction of sp³-hybridized carbons (Fsp3) is 0.178. The highest BCUT2D eigenvalue weighted by molar-refractivity contribution is 6.10. The molecule has 0 unspecified atom stereocenters. The van der Waals surface area contributed by atoms with Crippen LogP contribution < -0.4 is 4.57 Å². The number of aromatic nitrogens is 2. The Labute approximate surface area is 282 Å². The maximum Gasteiger partial charge on any atom is 0.299 e. The van der Waals surface area contributed by atoms with Gasteiger partial charge in [0.1, 0.15) is 16.8 Å². The van der Waals surface area contributed by atoms with Crippen LogP contribution in [0.15, 0.2) is 132 Å². The average Bonchev–Trinajstić information content (AvgIpc) is 3.62. The molecule has 0 saturated carbocycles. The standard InChI is InChI=1S/C45H41N2O/c1-28(2)37-25-34(32-17-11-8-12-18-32)26-38(29(3)4)43(37)47-40-20-14-13-19-39(40)46(6)45(47)42-30(5)21-23-36-35-24-22-33(27-41(35)48-44(36)42)31-15-9-7-10-16-31/h7-29H,1-6H3/q+1. The zero-order valence-corrected chi connectivity index (χ0v) is 28.6. The van der Waals surface area contributed by atoms with Crippen LogP contribution in [0.1, 0.15) is 56.2 Å². The number of para-hydroxylation sites is 2. The van der Waals surface area contributed by atoms with Gasteiger partial charge in [0, 0.05) is 21.9 Å². The van der Waals surface area contributed by atoms with E-state index in [1.54, 1.807) is 0 Å². The summed E-state index contributed by atoms with van der Waals surface area (Å²) in [5, 5.41) is 2.27. The van der Waals surface area contributed by atoms with Gasteiger partial charge in [-0.25, -0.2) is 4.57 Å². The van der Waals surface area contributed by atoms with E-state index in [-0.39, 0.29) is 0 Å². The molecule has 0 bridgehead atoms. The van der Waals surface area contributed by atoms with Crippen molar-refractivity contribution >= 4 is 33.0 Å². The second-order valence-corrected chi connectivity index (χ2v) is 13.7. The van der Waals surface area contributed by atoms with Gasteiger partial charge in [0.25, 0.3) is 5.82 Å². The monoisotopic (exact) mass is 625 g/mol. The first-order valence-corrected chi connectivity index (χ1v) is 17.1. The number of benzene rings is 6. The van der Waals surface area contributed by atoms with Gasteiger partial charge in [-0.2, -0.15) is 4.57 Å². The molecule has 0 saturated heterocycles. The number of rotatable bonds is 6. The second-order valence-electron chi connectivity index (χ2n) is 13.7. The molecule has 0 aliphatic carbocycles. The van der Waals surface area contributed by atoms with Gasteiger partial charge in [0.15, 0.2) is 16.6 Å². The van der Waals surface area contributed by atoms with Gasteiger partial charge in [-0.3, -0.25) is 0 Å².